The number of aryl methyl sites for hydroxylation is 2. The number of aromatic nitrogens is 2. The zero-order chi connectivity index (χ0) is 17.1. The van der Waals surface area contributed by atoms with Crippen molar-refractivity contribution in [3.63, 3.8) is 0 Å². The van der Waals surface area contributed by atoms with Gasteiger partial charge in [-0.15, -0.1) is 0 Å². The molecule has 1 aliphatic carbocycles. The molecule has 2 unspecified atom stereocenters. The van der Waals surface area contributed by atoms with Gasteiger partial charge in [0.2, 0.25) is 0 Å². The molecular formula is C19H26N4O. The molecule has 0 spiro atoms. The third-order valence-corrected chi connectivity index (χ3v) is 4.84. The topological polar surface area (TPSA) is 50.2 Å². The lowest BCUT2D eigenvalue weighted by Gasteiger charge is -2.24. The van der Waals surface area contributed by atoms with Gasteiger partial charge in [-0.25, -0.2) is 9.78 Å². The third-order valence-electron chi connectivity index (χ3n) is 4.84. The lowest BCUT2D eigenvalue weighted by atomic mass is 10.0. The van der Waals surface area contributed by atoms with Crippen molar-refractivity contribution >= 4 is 6.03 Å². The highest BCUT2D eigenvalue weighted by molar-refractivity contribution is 5.74. The molecule has 0 bridgehead atoms. The number of amides is 2. The minimum absolute atomic E-state index is 0.00633. The van der Waals surface area contributed by atoms with Crippen molar-refractivity contribution in [2.75, 3.05) is 13.6 Å². The van der Waals surface area contributed by atoms with E-state index in [4.69, 9.17) is 0 Å². The molecular weight excluding hydrogens is 300 g/mol. The molecule has 128 valence electrons. The second-order valence-electron chi connectivity index (χ2n) is 6.89. The predicted octanol–water partition coefficient (Wildman–Crippen LogP) is 3.16. The van der Waals surface area contributed by atoms with E-state index in [2.05, 4.69) is 42.3 Å². The molecule has 0 fully saturated rings. The number of urea groups is 1. The molecule has 5 heteroatoms. The molecule has 24 heavy (non-hydrogen) atoms. The maximum Gasteiger partial charge on any atom is 0.317 e. The average molecular weight is 326 g/mol. The Kier molecular flexibility index (Phi) is 4.88. The summed E-state index contributed by atoms with van der Waals surface area (Å²) in [6.45, 7) is 5.91. The van der Waals surface area contributed by atoms with Crippen molar-refractivity contribution in [2.24, 2.45) is 5.92 Å². The lowest BCUT2D eigenvalue weighted by Crippen LogP contribution is -2.41. The maximum atomic E-state index is 12.5. The molecule has 1 heterocycles. The van der Waals surface area contributed by atoms with Crippen LogP contribution >= 0.6 is 0 Å². The van der Waals surface area contributed by atoms with Crippen molar-refractivity contribution in [3.05, 3.63) is 53.6 Å². The molecule has 1 aromatic carbocycles. The summed E-state index contributed by atoms with van der Waals surface area (Å²) in [5.74, 6) is 0.435. The first-order chi connectivity index (χ1) is 11.5. The maximum absolute atomic E-state index is 12.5. The monoisotopic (exact) mass is 326 g/mol. The van der Waals surface area contributed by atoms with Gasteiger partial charge >= 0.3 is 6.03 Å². The molecule has 5 nitrogen and oxygen atoms in total. The van der Waals surface area contributed by atoms with Gasteiger partial charge in [0.15, 0.2) is 0 Å². The van der Waals surface area contributed by atoms with Crippen molar-refractivity contribution in [2.45, 2.75) is 39.3 Å². The molecule has 2 amide bonds. The summed E-state index contributed by atoms with van der Waals surface area (Å²) < 4.78 is 2.03. The zero-order valence-electron chi connectivity index (χ0n) is 14.7. The molecule has 1 aliphatic rings. The second kappa shape index (κ2) is 7.07. The molecule has 3 rings (SSSR count). The highest BCUT2D eigenvalue weighted by atomic mass is 16.2. The van der Waals surface area contributed by atoms with E-state index in [9.17, 15) is 4.79 Å². The van der Waals surface area contributed by atoms with Crippen LogP contribution in [0.5, 0.6) is 0 Å². The Balaban J connectivity index is 1.55. The number of hydrogen-bond acceptors (Lipinski definition) is 2. The van der Waals surface area contributed by atoms with Crippen molar-refractivity contribution in [1.82, 2.24) is 19.8 Å². The van der Waals surface area contributed by atoms with Gasteiger partial charge in [0.1, 0.15) is 0 Å². The van der Waals surface area contributed by atoms with Crippen molar-refractivity contribution < 1.29 is 4.79 Å². The van der Waals surface area contributed by atoms with Crippen LogP contribution in [0.25, 0.3) is 0 Å². The Morgan fingerprint density at radius 2 is 2.29 bits per heavy atom. The summed E-state index contributed by atoms with van der Waals surface area (Å²) in [6, 6.07) is 6.68. The van der Waals surface area contributed by atoms with E-state index in [0.29, 0.717) is 5.92 Å². The van der Waals surface area contributed by atoms with Crippen LogP contribution < -0.4 is 5.32 Å². The van der Waals surface area contributed by atoms with E-state index >= 15 is 0 Å². The van der Waals surface area contributed by atoms with Gasteiger partial charge in [0, 0.05) is 32.5 Å². The van der Waals surface area contributed by atoms with Gasteiger partial charge in [0.25, 0.3) is 0 Å². The molecule has 2 aromatic rings. The van der Waals surface area contributed by atoms with Gasteiger partial charge < -0.3 is 14.8 Å². The Bertz CT molecular complexity index is 695. The van der Waals surface area contributed by atoms with Gasteiger partial charge in [-0.3, -0.25) is 0 Å². The van der Waals surface area contributed by atoms with Gasteiger partial charge in [-0.1, -0.05) is 30.7 Å². The first-order valence-electron chi connectivity index (χ1n) is 8.61. The predicted molar refractivity (Wildman–Crippen MR) is 94.8 cm³/mol. The van der Waals surface area contributed by atoms with Crippen molar-refractivity contribution in [3.8, 4) is 0 Å². The van der Waals surface area contributed by atoms with E-state index in [0.717, 1.165) is 25.9 Å². The largest absolute Gasteiger partial charge is 0.337 e. The smallest absolute Gasteiger partial charge is 0.317 e. The number of carbonyl (C=O) groups is 1. The fraction of sp³-hybridized carbons (Fsp3) is 0.474. The molecule has 2 atom stereocenters. The van der Waals surface area contributed by atoms with Crippen LogP contribution in [0.15, 0.2) is 36.9 Å². The fourth-order valence-electron chi connectivity index (χ4n) is 3.44. The summed E-state index contributed by atoms with van der Waals surface area (Å²) in [5.41, 5.74) is 3.89. The Labute approximate surface area is 143 Å². The third kappa shape index (κ3) is 3.61. The minimum Gasteiger partial charge on any atom is -0.337 e. The van der Waals surface area contributed by atoms with Crippen LogP contribution in [0.4, 0.5) is 4.79 Å². The first-order valence-corrected chi connectivity index (χ1v) is 8.61. The van der Waals surface area contributed by atoms with Crippen LogP contribution in [0.2, 0.25) is 0 Å². The SMILES string of the molecule is Cc1ccc2c(c1)C(NC(=O)N(C)CCCn1ccnc1)C(C)C2. The van der Waals surface area contributed by atoms with E-state index in [-0.39, 0.29) is 12.1 Å². The summed E-state index contributed by atoms with van der Waals surface area (Å²) in [6.07, 6.45) is 7.47. The van der Waals surface area contributed by atoms with Gasteiger partial charge in [0.05, 0.1) is 12.4 Å². The standard InChI is InChI=1S/C19H26N4O/c1-14-5-6-16-12-15(2)18(17(16)11-14)21-19(24)22(3)8-4-9-23-10-7-20-13-23/h5-7,10-11,13,15,18H,4,8-9,12H2,1-3H3,(H,21,24). The number of fused-ring (bicyclic) bond motifs is 1. The first kappa shape index (κ1) is 16.6. The molecule has 0 radical (unpaired) electrons. The highest BCUT2D eigenvalue weighted by Crippen LogP contribution is 2.36. The minimum atomic E-state index is 0.00633. The van der Waals surface area contributed by atoms with Gasteiger partial charge in [-0.2, -0.15) is 0 Å². The number of imidazole rings is 1. The van der Waals surface area contributed by atoms with Crippen LogP contribution in [0.1, 0.15) is 36.1 Å². The molecule has 1 N–H and O–H groups in total. The lowest BCUT2D eigenvalue weighted by molar-refractivity contribution is 0.200. The number of nitrogens with zero attached hydrogens (tertiary/aromatic N) is 3. The van der Waals surface area contributed by atoms with Crippen LogP contribution in [0, 0.1) is 12.8 Å². The Morgan fingerprint density at radius 3 is 3.04 bits per heavy atom. The number of carbonyl (C=O) groups excluding carboxylic acids is 1. The second-order valence-corrected chi connectivity index (χ2v) is 6.89. The zero-order valence-corrected chi connectivity index (χ0v) is 14.7. The number of benzene rings is 1. The van der Waals surface area contributed by atoms with Crippen LogP contribution in [-0.2, 0) is 13.0 Å². The quantitative estimate of drug-likeness (QED) is 0.917. The van der Waals surface area contributed by atoms with E-state index in [1.165, 1.54) is 16.7 Å². The number of nitrogens with one attached hydrogen (secondary N) is 1. The Morgan fingerprint density at radius 1 is 1.46 bits per heavy atom. The van der Waals surface area contributed by atoms with Crippen molar-refractivity contribution in [1.29, 1.82) is 0 Å². The summed E-state index contributed by atoms with van der Waals surface area (Å²) in [4.78, 5) is 18.3. The molecule has 1 aromatic heterocycles. The van der Waals surface area contributed by atoms with Crippen LogP contribution in [-0.4, -0.2) is 34.1 Å². The summed E-state index contributed by atoms with van der Waals surface area (Å²) in [7, 11) is 1.86. The van der Waals surface area contributed by atoms with E-state index in [1.54, 1.807) is 17.4 Å². The van der Waals surface area contributed by atoms with E-state index in [1.807, 2.05) is 17.8 Å². The number of hydrogen-bond donors (Lipinski definition) is 1. The number of rotatable bonds is 5. The fourth-order valence-corrected chi connectivity index (χ4v) is 3.44. The normalized spacial score (nSPS) is 19.1. The molecule has 0 aliphatic heterocycles. The highest BCUT2D eigenvalue weighted by Gasteiger charge is 2.31. The van der Waals surface area contributed by atoms with E-state index < -0.39 is 0 Å². The summed E-state index contributed by atoms with van der Waals surface area (Å²) >= 11 is 0. The Hall–Kier alpha value is -2.30. The van der Waals surface area contributed by atoms with Gasteiger partial charge in [-0.05, 0) is 36.8 Å². The van der Waals surface area contributed by atoms with Crippen LogP contribution in [0.3, 0.4) is 0 Å². The molecule has 0 saturated carbocycles. The molecule has 0 saturated heterocycles. The summed E-state index contributed by atoms with van der Waals surface area (Å²) in [5, 5.41) is 3.22. The average Bonchev–Trinajstić information content (AvgIpc) is 3.16.